The molecule has 1 atom stereocenters. The molecule has 0 aromatic rings. The first-order chi connectivity index (χ1) is 6.57. The number of carbonyl (C=O) groups excluding carboxylic acids is 1. The van der Waals surface area contributed by atoms with E-state index < -0.39 is 6.29 Å². The largest absolute Gasteiger partial charge is 0.428 e. The van der Waals surface area contributed by atoms with E-state index in [1.165, 1.54) is 0 Å². The maximum Gasteiger partial charge on any atom is 0.336 e. The van der Waals surface area contributed by atoms with Crippen LogP contribution in [0.15, 0.2) is 11.1 Å². The van der Waals surface area contributed by atoms with Gasteiger partial charge in [0.2, 0.25) is 6.29 Å². The van der Waals surface area contributed by atoms with Crippen LogP contribution in [0.25, 0.3) is 0 Å². The zero-order chi connectivity index (χ0) is 10.7. The fourth-order valence-electron chi connectivity index (χ4n) is 1.50. The molecule has 0 spiro atoms. The summed E-state index contributed by atoms with van der Waals surface area (Å²) in [7, 11) is 0. The molecule has 0 fully saturated rings. The lowest BCUT2D eigenvalue weighted by molar-refractivity contribution is -0.158. The Balaban J connectivity index is 2.81. The molecule has 0 radical (unpaired) electrons. The van der Waals surface area contributed by atoms with Gasteiger partial charge < -0.3 is 9.47 Å². The molecule has 0 saturated heterocycles. The van der Waals surface area contributed by atoms with E-state index in [-0.39, 0.29) is 18.5 Å². The average Bonchev–Trinajstić information content (AvgIpc) is 2.39. The first-order valence-electron chi connectivity index (χ1n) is 4.54. The quantitative estimate of drug-likeness (QED) is 0.504. The van der Waals surface area contributed by atoms with Gasteiger partial charge in [-0.05, 0) is 12.8 Å². The van der Waals surface area contributed by atoms with Crippen molar-refractivity contribution in [3.05, 3.63) is 11.1 Å². The van der Waals surface area contributed by atoms with Crippen molar-refractivity contribution in [2.75, 3.05) is 6.61 Å². The molecule has 1 rings (SSSR count). The Kier molecular flexibility index (Phi) is 3.32. The number of esters is 1. The second kappa shape index (κ2) is 4.30. The summed E-state index contributed by atoms with van der Waals surface area (Å²) in [5.74, 6) is 2.26. The molecule has 3 nitrogen and oxygen atoms in total. The first-order valence-corrected chi connectivity index (χ1v) is 4.54. The molecule has 0 bridgehead atoms. The summed E-state index contributed by atoms with van der Waals surface area (Å²) in [6.07, 6.45) is 4.48. The van der Waals surface area contributed by atoms with E-state index in [9.17, 15) is 4.79 Å². The van der Waals surface area contributed by atoms with Gasteiger partial charge in [-0.1, -0.05) is 19.8 Å². The minimum atomic E-state index is -0.585. The molecular formula is C11H14O3. The van der Waals surface area contributed by atoms with Gasteiger partial charge in [-0.25, -0.2) is 4.79 Å². The number of carbonyl (C=O) groups is 1. The molecule has 0 amide bonds. The van der Waals surface area contributed by atoms with E-state index in [0.717, 1.165) is 5.57 Å². The molecule has 1 unspecified atom stereocenters. The van der Waals surface area contributed by atoms with Gasteiger partial charge in [0.1, 0.15) is 6.61 Å². The normalized spacial score (nSPS) is 21.4. The molecule has 3 heteroatoms. The van der Waals surface area contributed by atoms with Crippen molar-refractivity contribution in [3.63, 3.8) is 0 Å². The summed E-state index contributed by atoms with van der Waals surface area (Å²) >= 11 is 0. The van der Waals surface area contributed by atoms with Gasteiger partial charge in [0.25, 0.3) is 0 Å². The molecule has 76 valence electrons. The van der Waals surface area contributed by atoms with Gasteiger partial charge in [0.05, 0.1) is 0 Å². The lowest BCUT2D eigenvalue weighted by Gasteiger charge is -2.15. The van der Waals surface area contributed by atoms with Gasteiger partial charge in [-0.15, -0.1) is 6.42 Å². The smallest absolute Gasteiger partial charge is 0.336 e. The summed E-state index contributed by atoms with van der Waals surface area (Å²) in [6.45, 7) is 5.89. The summed E-state index contributed by atoms with van der Waals surface area (Å²) in [4.78, 5) is 11.3. The molecule has 0 N–H and O–H groups in total. The highest BCUT2D eigenvalue weighted by atomic mass is 16.7. The number of hydrogen-bond acceptors (Lipinski definition) is 3. The average molecular weight is 194 g/mol. The number of rotatable bonds is 3. The molecule has 1 aliphatic rings. The highest BCUT2D eigenvalue weighted by Crippen LogP contribution is 2.29. The number of hydrogen-bond donors (Lipinski definition) is 0. The van der Waals surface area contributed by atoms with Gasteiger partial charge in [-0.2, -0.15) is 0 Å². The van der Waals surface area contributed by atoms with Crippen LogP contribution in [-0.4, -0.2) is 18.9 Å². The summed E-state index contributed by atoms with van der Waals surface area (Å²) in [5, 5.41) is 0. The van der Waals surface area contributed by atoms with Gasteiger partial charge in [0, 0.05) is 11.1 Å². The van der Waals surface area contributed by atoms with Crippen LogP contribution in [0.3, 0.4) is 0 Å². The zero-order valence-corrected chi connectivity index (χ0v) is 8.66. The molecule has 0 aliphatic carbocycles. The first kappa shape index (κ1) is 10.8. The van der Waals surface area contributed by atoms with Gasteiger partial charge in [0.15, 0.2) is 0 Å². The summed E-state index contributed by atoms with van der Waals surface area (Å²) in [6, 6.07) is 0. The summed E-state index contributed by atoms with van der Waals surface area (Å²) in [5.41, 5.74) is 1.53. The minimum absolute atomic E-state index is 0.154. The molecule has 0 aromatic carbocycles. The maximum atomic E-state index is 11.3. The van der Waals surface area contributed by atoms with E-state index in [1.54, 1.807) is 6.92 Å². The lowest BCUT2D eigenvalue weighted by atomic mass is 9.99. The third kappa shape index (κ3) is 1.97. The second-order valence-corrected chi connectivity index (χ2v) is 3.49. The number of terminal acetylenes is 1. The fraction of sp³-hybridized carbons (Fsp3) is 0.545. The zero-order valence-electron chi connectivity index (χ0n) is 8.66. The number of ether oxygens (including phenoxy) is 2. The van der Waals surface area contributed by atoms with Crippen LogP contribution in [-0.2, 0) is 14.3 Å². The Morgan fingerprint density at radius 1 is 1.64 bits per heavy atom. The lowest BCUT2D eigenvalue weighted by Crippen LogP contribution is -2.19. The highest BCUT2D eigenvalue weighted by molar-refractivity contribution is 5.91. The Morgan fingerprint density at radius 2 is 2.29 bits per heavy atom. The van der Waals surface area contributed by atoms with Crippen LogP contribution in [0, 0.1) is 18.3 Å². The SMILES string of the molecule is C#CCOC1OC(=O)C(C)=C1C(C)C. The van der Waals surface area contributed by atoms with E-state index in [4.69, 9.17) is 15.9 Å². The van der Waals surface area contributed by atoms with Crippen molar-refractivity contribution in [1.29, 1.82) is 0 Å². The highest BCUT2D eigenvalue weighted by Gasteiger charge is 2.33. The number of cyclic esters (lactones) is 1. The minimum Gasteiger partial charge on any atom is -0.428 e. The van der Waals surface area contributed by atoms with Crippen LogP contribution >= 0.6 is 0 Å². The van der Waals surface area contributed by atoms with E-state index >= 15 is 0 Å². The molecule has 14 heavy (non-hydrogen) atoms. The Bertz CT molecular complexity index is 307. The molecule has 1 heterocycles. The van der Waals surface area contributed by atoms with Crippen molar-refractivity contribution in [1.82, 2.24) is 0 Å². The van der Waals surface area contributed by atoms with Crippen LogP contribution < -0.4 is 0 Å². The van der Waals surface area contributed by atoms with Crippen molar-refractivity contribution in [2.45, 2.75) is 27.1 Å². The van der Waals surface area contributed by atoms with Gasteiger partial charge >= 0.3 is 5.97 Å². The summed E-state index contributed by atoms with van der Waals surface area (Å²) < 4.78 is 10.2. The topological polar surface area (TPSA) is 35.5 Å². The molecule has 1 aliphatic heterocycles. The van der Waals surface area contributed by atoms with Crippen molar-refractivity contribution < 1.29 is 14.3 Å². The van der Waals surface area contributed by atoms with Crippen LogP contribution in [0.5, 0.6) is 0 Å². The van der Waals surface area contributed by atoms with Crippen molar-refractivity contribution in [2.24, 2.45) is 5.92 Å². The Hall–Kier alpha value is -1.27. The predicted octanol–water partition coefficient (Wildman–Crippen LogP) is 1.49. The van der Waals surface area contributed by atoms with E-state index in [0.29, 0.717) is 5.57 Å². The molecule has 0 saturated carbocycles. The third-order valence-corrected chi connectivity index (χ3v) is 2.15. The standard InChI is InChI=1S/C11H14O3/c1-5-6-13-11-9(7(2)3)8(4)10(12)14-11/h1,7,11H,6H2,2-4H3. The van der Waals surface area contributed by atoms with Crippen molar-refractivity contribution >= 4 is 5.97 Å². The van der Waals surface area contributed by atoms with Crippen LogP contribution in [0.1, 0.15) is 20.8 Å². The van der Waals surface area contributed by atoms with E-state index in [2.05, 4.69) is 5.92 Å². The fourth-order valence-corrected chi connectivity index (χ4v) is 1.50. The third-order valence-electron chi connectivity index (χ3n) is 2.15. The molecule has 0 aromatic heterocycles. The van der Waals surface area contributed by atoms with E-state index in [1.807, 2.05) is 13.8 Å². The van der Waals surface area contributed by atoms with Crippen LogP contribution in [0.2, 0.25) is 0 Å². The monoisotopic (exact) mass is 194 g/mol. The maximum absolute atomic E-state index is 11.3. The van der Waals surface area contributed by atoms with Crippen molar-refractivity contribution in [3.8, 4) is 12.3 Å². The predicted molar refractivity (Wildman–Crippen MR) is 52.2 cm³/mol. The Labute approximate surface area is 84.1 Å². The van der Waals surface area contributed by atoms with Crippen LogP contribution in [0.4, 0.5) is 0 Å². The Morgan fingerprint density at radius 3 is 2.79 bits per heavy atom. The molecular weight excluding hydrogens is 180 g/mol. The van der Waals surface area contributed by atoms with Gasteiger partial charge in [-0.3, -0.25) is 0 Å². The second-order valence-electron chi connectivity index (χ2n) is 3.49.